The first-order valence-corrected chi connectivity index (χ1v) is 3.65. The molecule has 0 heterocycles. The van der Waals surface area contributed by atoms with Crippen molar-refractivity contribution in [2.45, 2.75) is 24.1 Å². The summed E-state index contributed by atoms with van der Waals surface area (Å²) < 4.78 is 0. The minimum Gasteiger partial charge on any atom is -0.100 e. The van der Waals surface area contributed by atoms with E-state index >= 15 is 0 Å². The minimum absolute atomic E-state index is 0.252. The third-order valence-electron chi connectivity index (χ3n) is 1.36. The third kappa shape index (κ3) is 1.40. The van der Waals surface area contributed by atoms with Gasteiger partial charge in [-0.3, -0.25) is 0 Å². The van der Waals surface area contributed by atoms with Crippen molar-refractivity contribution in [1.29, 1.82) is 0 Å². The van der Waals surface area contributed by atoms with E-state index in [0.717, 1.165) is 12.8 Å². The Morgan fingerprint density at radius 1 is 1.50 bits per heavy atom. The first kappa shape index (κ1) is 6.44. The Kier molecular flexibility index (Phi) is 2.21. The van der Waals surface area contributed by atoms with E-state index in [9.17, 15) is 0 Å². The molecule has 0 atom stereocenters. The molecule has 8 heavy (non-hydrogen) atoms. The maximum absolute atomic E-state index is 5.58. The molecule has 1 aliphatic rings. The van der Waals surface area contributed by atoms with Gasteiger partial charge in [-0.1, -0.05) is 6.08 Å². The van der Waals surface area contributed by atoms with E-state index in [1.54, 1.807) is 0 Å². The lowest BCUT2D eigenvalue weighted by atomic mass is 10.3. The minimum atomic E-state index is -0.252. The van der Waals surface area contributed by atoms with E-state index < -0.39 is 0 Å². The molecule has 46 valence electrons. The van der Waals surface area contributed by atoms with E-state index in [1.165, 1.54) is 12.0 Å². The molecule has 0 saturated heterocycles. The van der Waals surface area contributed by atoms with Gasteiger partial charge in [-0.2, -0.15) is 0 Å². The summed E-state index contributed by atoms with van der Waals surface area (Å²) >= 11 is 11.2. The number of halogens is 2. The van der Waals surface area contributed by atoms with Crippen LogP contribution in [0.15, 0.2) is 11.6 Å². The molecule has 0 aromatic heterocycles. The molecule has 0 aromatic carbocycles. The highest BCUT2D eigenvalue weighted by molar-refractivity contribution is 6.46. The van der Waals surface area contributed by atoms with Gasteiger partial charge in [0.1, 0.15) is 4.84 Å². The zero-order chi connectivity index (χ0) is 5.98. The van der Waals surface area contributed by atoms with Crippen molar-refractivity contribution < 1.29 is 0 Å². The lowest BCUT2D eigenvalue weighted by Crippen LogP contribution is -1.87. The molecule has 0 radical (unpaired) electrons. The average molecular weight is 151 g/mol. The molecule has 1 rings (SSSR count). The van der Waals surface area contributed by atoms with Gasteiger partial charge in [0.25, 0.3) is 0 Å². The van der Waals surface area contributed by atoms with E-state index in [0.29, 0.717) is 0 Å². The van der Waals surface area contributed by atoms with Crippen molar-refractivity contribution in [2.24, 2.45) is 0 Å². The van der Waals surface area contributed by atoms with E-state index in [2.05, 4.69) is 6.08 Å². The Labute approximate surface area is 59.5 Å². The van der Waals surface area contributed by atoms with Gasteiger partial charge < -0.3 is 0 Å². The lowest BCUT2D eigenvalue weighted by molar-refractivity contribution is 0.902. The second-order valence-electron chi connectivity index (χ2n) is 1.97. The monoisotopic (exact) mass is 150 g/mol. The fraction of sp³-hybridized carbons (Fsp3) is 0.667. The molecule has 0 N–H and O–H groups in total. The number of hydrogen-bond donors (Lipinski definition) is 0. The molecular weight excluding hydrogens is 143 g/mol. The Bertz CT molecular complexity index is 105. The Balaban J connectivity index is 2.45. The molecule has 0 spiro atoms. The maximum atomic E-state index is 5.58. The molecule has 2 heteroatoms. The number of alkyl halides is 2. The maximum Gasteiger partial charge on any atom is 0.128 e. The van der Waals surface area contributed by atoms with Gasteiger partial charge >= 0.3 is 0 Å². The topological polar surface area (TPSA) is 0 Å². The van der Waals surface area contributed by atoms with Crippen molar-refractivity contribution in [3.63, 3.8) is 0 Å². The average Bonchev–Trinajstić information content (AvgIpc) is 2.12. The zero-order valence-corrected chi connectivity index (χ0v) is 6.04. The predicted octanol–water partition coefficient (Wildman–Crippen LogP) is 2.90. The summed E-state index contributed by atoms with van der Waals surface area (Å²) in [5.74, 6) is 0. The molecule has 0 aromatic rings. The molecular formula is C6H8Cl2. The number of rotatable bonds is 1. The van der Waals surface area contributed by atoms with Crippen LogP contribution in [0, 0.1) is 0 Å². The second-order valence-corrected chi connectivity index (χ2v) is 3.07. The highest BCUT2D eigenvalue weighted by atomic mass is 35.5. The van der Waals surface area contributed by atoms with Crippen LogP contribution in [0.4, 0.5) is 0 Å². The van der Waals surface area contributed by atoms with Crippen LogP contribution in [0.2, 0.25) is 0 Å². The van der Waals surface area contributed by atoms with Gasteiger partial charge in [-0.05, 0) is 24.8 Å². The van der Waals surface area contributed by atoms with Crippen molar-refractivity contribution >= 4 is 23.2 Å². The highest BCUT2D eigenvalue weighted by Crippen LogP contribution is 2.25. The molecule has 0 unspecified atom stereocenters. The fourth-order valence-electron chi connectivity index (χ4n) is 0.894. The van der Waals surface area contributed by atoms with Crippen LogP contribution in [0.1, 0.15) is 19.3 Å². The molecule has 0 aliphatic heterocycles. The number of hydrogen-bond acceptors (Lipinski definition) is 0. The Morgan fingerprint density at radius 2 is 2.25 bits per heavy atom. The molecule has 0 fully saturated rings. The lowest BCUT2D eigenvalue weighted by Gasteiger charge is -1.97. The first-order valence-electron chi connectivity index (χ1n) is 2.78. The first-order chi connectivity index (χ1) is 3.80. The third-order valence-corrected chi connectivity index (χ3v) is 1.92. The van der Waals surface area contributed by atoms with Gasteiger partial charge in [0.15, 0.2) is 0 Å². The summed E-state index contributed by atoms with van der Waals surface area (Å²) in [4.78, 5) is -0.252. The van der Waals surface area contributed by atoms with Crippen molar-refractivity contribution in [3.8, 4) is 0 Å². The van der Waals surface area contributed by atoms with Crippen LogP contribution in [0.25, 0.3) is 0 Å². The highest BCUT2D eigenvalue weighted by Gasteiger charge is 2.10. The van der Waals surface area contributed by atoms with Gasteiger partial charge in [0.2, 0.25) is 0 Å². The molecule has 0 amide bonds. The van der Waals surface area contributed by atoms with Crippen LogP contribution >= 0.6 is 23.2 Å². The summed E-state index contributed by atoms with van der Waals surface area (Å²) in [5.41, 5.74) is 1.20. The zero-order valence-electron chi connectivity index (χ0n) is 4.53. The van der Waals surface area contributed by atoms with Gasteiger partial charge in [-0.15, -0.1) is 23.2 Å². The van der Waals surface area contributed by atoms with E-state index in [1.807, 2.05) is 0 Å². The van der Waals surface area contributed by atoms with Crippen molar-refractivity contribution in [2.75, 3.05) is 0 Å². The number of allylic oxidation sites excluding steroid dienone is 2. The van der Waals surface area contributed by atoms with Gasteiger partial charge in [-0.25, -0.2) is 0 Å². The van der Waals surface area contributed by atoms with Crippen LogP contribution in [-0.2, 0) is 0 Å². The second kappa shape index (κ2) is 2.75. The molecule has 1 aliphatic carbocycles. The molecule has 0 bridgehead atoms. The smallest absolute Gasteiger partial charge is 0.100 e. The summed E-state index contributed by atoms with van der Waals surface area (Å²) in [7, 11) is 0. The normalized spacial score (nSPS) is 19.6. The Morgan fingerprint density at radius 3 is 2.50 bits per heavy atom. The van der Waals surface area contributed by atoms with E-state index in [4.69, 9.17) is 23.2 Å². The largest absolute Gasteiger partial charge is 0.128 e. The van der Waals surface area contributed by atoms with Crippen LogP contribution < -0.4 is 0 Å². The standard InChI is InChI=1S/C6H8Cl2/c7-6(8)5-3-1-2-4-5/h3,6H,1-2,4H2. The van der Waals surface area contributed by atoms with Crippen molar-refractivity contribution in [3.05, 3.63) is 11.6 Å². The van der Waals surface area contributed by atoms with Gasteiger partial charge in [0.05, 0.1) is 0 Å². The SMILES string of the molecule is ClC(Cl)C1=CCCC1. The van der Waals surface area contributed by atoms with Crippen LogP contribution in [0.5, 0.6) is 0 Å². The Hall–Kier alpha value is 0.320. The summed E-state index contributed by atoms with van der Waals surface area (Å²) in [5, 5.41) is 0. The van der Waals surface area contributed by atoms with Crippen LogP contribution in [-0.4, -0.2) is 4.84 Å². The molecule has 0 nitrogen and oxygen atoms in total. The van der Waals surface area contributed by atoms with Gasteiger partial charge in [0, 0.05) is 0 Å². The van der Waals surface area contributed by atoms with Crippen LogP contribution in [0.3, 0.4) is 0 Å². The summed E-state index contributed by atoms with van der Waals surface area (Å²) in [6.07, 6.45) is 5.61. The molecule has 0 saturated carbocycles. The quantitative estimate of drug-likeness (QED) is 0.399. The van der Waals surface area contributed by atoms with E-state index in [-0.39, 0.29) is 4.84 Å². The predicted molar refractivity (Wildman–Crippen MR) is 37.4 cm³/mol. The fourth-order valence-corrected chi connectivity index (χ4v) is 1.29. The summed E-state index contributed by atoms with van der Waals surface area (Å²) in [6.45, 7) is 0. The summed E-state index contributed by atoms with van der Waals surface area (Å²) in [6, 6.07) is 0. The van der Waals surface area contributed by atoms with Crippen molar-refractivity contribution in [1.82, 2.24) is 0 Å².